The van der Waals surface area contributed by atoms with Gasteiger partial charge in [0.05, 0.1) is 5.70 Å². The largest absolute Gasteiger partial charge is 0.454 e. The fourth-order valence-electron chi connectivity index (χ4n) is 4.46. The summed E-state index contributed by atoms with van der Waals surface area (Å²) < 4.78 is 15.4. The second-order valence-corrected chi connectivity index (χ2v) is 8.23. The lowest BCUT2D eigenvalue weighted by Gasteiger charge is -2.11. The lowest BCUT2D eigenvalue weighted by atomic mass is 10.1. The number of fused-ring (bicyclic) bond motifs is 2. The van der Waals surface area contributed by atoms with Crippen LogP contribution in [-0.2, 0) is 13.6 Å². The zero-order valence-corrected chi connectivity index (χ0v) is 18.9. The monoisotopic (exact) mass is 448 g/mol. The van der Waals surface area contributed by atoms with Gasteiger partial charge in [-0.3, -0.25) is 18.7 Å². The number of benzene rings is 1. The van der Waals surface area contributed by atoms with Gasteiger partial charge in [-0.15, -0.1) is 0 Å². The van der Waals surface area contributed by atoms with Crippen LogP contribution in [0.25, 0.3) is 11.8 Å². The fourth-order valence-corrected chi connectivity index (χ4v) is 4.46. The van der Waals surface area contributed by atoms with Gasteiger partial charge in [0, 0.05) is 36.7 Å². The number of ketones is 1. The molecule has 4 heterocycles. The van der Waals surface area contributed by atoms with Crippen LogP contribution in [0, 0.1) is 13.8 Å². The molecule has 0 atom stereocenters. The SMILES string of the molecule is CCCn1c2c(c(=O)n(C)c1=O)C(=O)/C(=C/c1cc(C)n(-c3ccc4c(c3)OCO4)c1C)N2. The molecule has 0 saturated heterocycles. The van der Waals surface area contributed by atoms with Crippen LogP contribution in [0.5, 0.6) is 11.5 Å². The lowest BCUT2D eigenvalue weighted by Crippen LogP contribution is -2.40. The summed E-state index contributed by atoms with van der Waals surface area (Å²) in [5, 5.41) is 3.04. The van der Waals surface area contributed by atoms with Crippen molar-refractivity contribution in [3.05, 3.63) is 73.3 Å². The third-order valence-electron chi connectivity index (χ3n) is 6.10. The highest BCUT2D eigenvalue weighted by molar-refractivity contribution is 6.19. The number of Topliss-reactive ketones (excluding diaryl/α,β-unsaturated/α-hetero) is 1. The summed E-state index contributed by atoms with van der Waals surface area (Å²) in [5.74, 6) is 1.25. The molecule has 1 aromatic carbocycles. The van der Waals surface area contributed by atoms with Crippen molar-refractivity contribution >= 4 is 17.7 Å². The molecule has 0 radical (unpaired) electrons. The van der Waals surface area contributed by atoms with E-state index < -0.39 is 17.0 Å². The van der Waals surface area contributed by atoms with Crippen LogP contribution in [0.4, 0.5) is 5.82 Å². The first-order valence-corrected chi connectivity index (χ1v) is 10.8. The zero-order valence-electron chi connectivity index (χ0n) is 18.9. The maximum Gasteiger partial charge on any atom is 0.332 e. The first kappa shape index (κ1) is 20.9. The van der Waals surface area contributed by atoms with Crippen LogP contribution in [-0.4, -0.2) is 26.3 Å². The van der Waals surface area contributed by atoms with E-state index in [4.69, 9.17) is 9.47 Å². The molecule has 3 aromatic rings. The number of ether oxygens (including phenoxy) is 2. The highest BCUT2D eigenvalue weighted by atomic mass is 16.7. The number of hydrogen-bond donors (Lipinski definition) is 1. The van der Waals surface area contributed by atoms with Crippen LogP contribution in [0.3, 0.4) is 0 Å². The van der Waals surface area contributed by atoms with Crippen LogP contribution < -0.4 is 26.0 Å². The Hall–Kier alpha value is -4.01. The van der Waals surface area contributed by atoms with Crippen molar-refractivity contribution in [1.29, 1.82) is 0 Å². The van der Waals surface area contributed by atoms with Gasteiger partial charge in [0.15, 0.2) is 11.5 Å². The molecule has 0 fully saturated rings. The van der Waals surface area contributed by atoms with E-state index >= 15 is 0 Å². The number of aromatic nitrogens is 3. The summed E-state index contributed by atoms with van der Waals surface area (Å²) in [7, 11) is 1.39. The second kappa shape index (κ2) is 7.54. The molecule has 33 heavy (non-hydrogen) atoms. The summed E-state index contributed by atoms with van der Waals surface area (Å²) in [5.41, 5.74) is 2.87. The number of hydrogen-bond acceptors (Lipinski definition) is 6. The number of carbonyl (C=O) groups excluding carboxylic acids is 1. The Bertz CT molecular complexity index is 1470. The van der Waals surface area contributed by atoms with Crippen molar-refractivity contribution in [3.8, 4) is 17.2 Å². The lowest BCUT2D eigenvalue weighted by molar-refractivity contribution is 0.104. The molecule has 2 aliphatic heterocycles. The first-order valence-electron chi connectivity index (χ1n) is 10.8. The van der Waals surface area contributed by atoms with Crippen molar-refractivity contribution in [2.75, 3.05) is 12.1 Å². The smallest absolute Gasteiger partial charge is 0.332 e. The van der Waals surface area contributed by atoms with Crippen molar-refractivity contribution in [2.24, 2.45) is 7.05 Å². The van der Waals surface area contributed by atoms with E-state index in [2.05, 4.69) is 9.88 Å². The van der Waals surface area contributed by atoms with E-state index in [1.807, 2.05) is 45.0 Å². The predicted octanol–water partition coefficient (Wildman–Crippen LogP) is 2.74. The van der Waals surface area contributed by atoms with Crippen LogP contribution in [0.15, 0.2) is 39.6 Å². The minimum atomic E-state index is -0.589. The first-order chi connectivity index (χ1) is 15.8. The normalized spacial score (nSPS) is 15.3. The third kappa shape index (κ3) is 3.11. The van der Waals surface area contributed by atoms with E-state index in [9.17, 15) is 14.4 Å². The van der Waals surface area contributed by atoms with E-state index in [1.165, 1.54) is 11.6 Å². The van der Waals surface area contributed by atoms with Crippen LogP contribution in [0.1, 0.15) is 40.7 Å². The number of carbonyl (C=O) groups is 1. The van der Waals surface area contributed by atoms with Crippen LogP contribution in [0.2, 0.25) is 0 Å². The molecule has 2 aliphatic rings. The van der Waals surface area contributed by atoms with Gasteiger partial charge in [0.1, 0.15) is 11.4 Å². The Balaban J connectivity index is 1.58. The summed E-state index contributed by atoms with van der Waals surface area (Å²) in [6.45, 7) is 6.48. The van der Waals surface area contributed by atoms with Crippen molar-refractivity contribution in [3.63, 3.8) is 0 Å². The highest BCUT2D eigenvalue weighted by Gasteiger charge is 2.32. The quantitative estimate of drug-likeness (QED) is 0.617. The molecule has 2 aromatic heterocycles. The summed E-state index contributed by atoms with van der Waals surface area (Å²) in [6.07, 6.45) is 2.42. The van der Waals surface area contributed by atoms with Gasteiger partial charge < -0.3 is 19.4 Å². The Kier molecular flexibility index (Phi) is 4.77. The Labute approximate surface area is 189 Å². The van der Waals surface area contributed by atoms with Gasteiger partial charge >= 0.3 is 5.69 Å². The molecule has 0 bridgehead atoms. The van der Waals surface area contributed by atoms with Gasteiger partial charge in [-0.1, -0.05) is 6.92 Å². The molecule has 0 spiro atoms. The number of aryl methyl sites for hydroxylation is 1. The van der Waals surface area contributed by atoms with E-state index in [0.717, 1.165) is 27.2 Å². The third-order valence-corrected chi connectivity index (χ3v) is 6.10. The Morgan fingerprint density at radius 1 is 1.09 bits per heavy atom. The van der Waals surface area contributed by atoms with Crippen LogP contribution >= 0.6 is 0 Å². The molecule has 170 valence electrons. The summed E-state index contributed by atoms with van der Waals surface area (Å²) in [4.78, 5) is 38.4. The molecule has 1 N–H and O–H groups in total. The van der Waals surface area contributed by atoms with E-state index in [1.54, 1.807) is 6.08 Å². The standard InChI is InChI=1S/C24H24N4O5/c1-5-8-27-22-20(23(30)26(4)24(27)31)21(29)17(25-22)10-15-9-13(2)28(14(15)3)16-6-7-18-19(11-16)33-12-32-18/h6-7,9-11,25H,5,8,12H2,1-4H3/b17-10-. The van der Waals surface area contributed by atoms with Gasteiger partial charge in [-0.05, 0) is 50.1 Å². The zero-order chi connectivity index (χ0) is 23.4. The maximum atomic E-state index is 13.1. The van der Waals surface area contributed by atoms with E-state index in [0.29, 0.717) is 24.5 Å². The maximum absolute atomic E-state index is 13.1. The molecule has 0 aliphatic carbocycles. The molecule has 0 amide bonds. The molecule has 5 rings (SSSR count). The number of allylic oxidation sites excluding steroid dienone is 1. The van der Waals surface area contributed by atoms with Gasteiger partial charge in [0.2, 0.25) is 12.6 Å². The van der Waals surface area contributed by atoms with Crippen molar-refractivity contribution < 1.29 is 14.3 Å². The van der Waals surface area contributed by atoms with Crippen molar-refractivity contribution in [2.45, 2.75) is 33.7 Å². The summed E-state index contributed by atoms with van der Waals surface area (Å²) >= 11 is 0. The highest BCUT2D eigenvalue weighted by Crippen LogP contribution is 2.35. The van der Waals surface area contributed by atoms with Gasteiger partial charge in [-0.25, -0.2) is 4.79 Å². The Morgan fingerprint density at radius 2 is 1.85 bits per heavy atom. The molecule has 0 unspecified atom stereocenters. The minimum Gasteiger partial charge on any atom is -0.454 e. The molecule has 9 nitrogen and oxygen atoms in total. The summed E-state index contributed by atoms with van der Waals surface area (Å²) in [6, 6.07) is 7.71. The number of nitrogens with one attached hydrogen (secondary N) is 1. The second-order valence-electron chi connectivity index (χ2n) is 8.23. The van der Waals surface area contributed by atoms with Crippen molar-refractivity contribution in [1.82, 2.24) is 13.7 Å². The predicted molar refractivity (Wildman–Crippen MR) is 124 cm³/mol. The van der Waals surface area contributed by atoms with Gasteiger partial charge in [-0.2, -0.15) is 0 Å². The number of rotatable bonds is 4. The van der Waals surface area contributed by atoms with Gasteiger partial charge in [0.25, 0.3) is 5.56 Å². The molecule has 9 heteroatoms. The number of nitrogens with zero attached hydrogens (tertiary/aromatic N) is 3. The molecular weight excluding hydrogens is 424 g/mol. The average molecular weight is 448 g/mol. The number of anilines is 1. The Morgan fingerprint density at radius 3 is 2.61 bits per heavy atom. The molecular formula is C24H24N4O5. The fraction of sp³-hybridized carbons (Fsp3) is 0.292. The van der Waals surface area contributed by atoms with E-state index in [-0.39, 0.29) is 23.9 Å². The molecule has 0 saturated carbocycles. The average Bonchev–Trinajstić information content (AvgIpc) is 3.46. The minimum absolute atomic E-state index is 0.00128. The topological polar surface area (TPSA) is 96.5 Å².